The number of furan rings is 1. The second-order valence-corrected chi connectivity index (χ2v) is 4.47. The normalized spacial score (nSPS) is 10.5. The highest BCUT2D eigenvalue weighted by atomic mass is 16.3. The third-order valence-electron chi connectivity index (χ3n) is 3.13. The molecule has 0 aromatic carbocycles. The summed E-state index contributed by atoms with van der Waals surface area (Å²) in [5, 5.41) is 5.52. The number of hydrogen-bond donors (Lipinski definition) is 2. The molecule has 2 N–H and O–H groups in total. The van der Waals surface area contributed by atoms with Gasteiger partial charge in [0.15, 0.2) is 5.76 Å². The molecule has 0 bridgehead atoms. The minimum Gasteiger partial charge on any atom is -0.459 e. The van der Waals surface area contributed by atoms with E-state index in [-0.39, 0.29) is 24.0 Å². The van der Waals surface area contributed by atoms with Crippen molar-refractivity contribution in [3.05, 3.63) is 24.2 Å². The highest BCUT2D eigenvalue weighted by Gasteiger charge is 2.09. The third-order valence-corrected chi connectivity index (χ3v) is 3.13. The maximum absolute atomic E-state index is 11.6. The zero-order chi connectivity index (χ0) is 14.1. The van der Waals surface area contributed by atoms with Gasteiger partial charge in [0.2, 0.25) is 5.91 Å². The number of hydrogen-bond acceptors (Lipinski definition) is 3. The van der Waals surface area contributed by atoms with Crippen LogP contribution in [0.1, 0.15) is 43.7 Å². The second-order valence-electron chi connectivity index (χ2n) is 4.47. The molecule has 1 aromatic heterocycles. The van der Waals surface area contributed by atoms with E-state index in [2.05, 4.69) is 24.5 Å². The standard InChI is InChI=1S/C14H22N2O3/c1-3-11(4-2)10-16-13(17)7-8-15-14(18)12-6-5-9-19-12/h5-6,9,11H,3-4,7-8,10H2,1-2H3,(H,15,18)(H,16,17). The lowest BCUT2D eigenvalue weighted by Crippen LogP contribution is -2.33. The fourth-order valence-corrected chi connectivity index (χ4v) is 1.71. The molecule has 19 heavy (non-hydrogen) atoms. The van der Waals surface area contributed by atoms with Gasteiger partial charge in [0, 0.05) is 19.5 Å². The van der Waals surface area contributed by atoms with Gasteiger partial charge in [0.05, 0.1) is 6.26 Å². The third kappa shape index (κ3) is 5.59. The quantitative estimate of drug-likeness (QED) is 0.755. The van der Waals surface area contributed by atoms with Crippen molar-refractivity contribution in [2.75, 3.05) is 13.1 Å². The predicted molar refractivity (Wildman–Crippen MR) is 72.7 cm³/mol. The van der Waals surface area contributed by atoms with Gasteiger partial charge >= 0.3 is 0 Å². The monoisotopic (exact) mass is 266 g/mol. The number of carbonyl (C=O) groups excluding carboxylic acids is 2. The summed E-state index contributed by atoms with van der Waals surface area (Å²) in [7, 11) is 0. The molecule has 0 spiro atoms. The SMILES string of the molecule is CCC(CC)CNC(=O)CCNC(=O)c1ccco1. The van der Waals surface area contributed by atoms with Crippen LogP contribution in [-0.2, 0) is 4.79 Å². The van der Waals surface area contributed by atoms with Gasteiger partial charge in [-0.1, -0.05) is 26.7 Å². The molecule has 0 unspecified atom stereocenters. The molecular formula is C14H22N2O3. The smallest absolute Gasteiger partial charge is 0.286 e. The van der Waals surface area contributed by atoms with Gasteiger partial charge in [0.1, 0.15) is 0 Å². The van der Waals surface area contributed by atoms with Crippen molar-refractivity contribution in [3.8, 4) is 0 Å². The lowest BCUT2D eigenvalue weighted by molar-refractivity contribution is -0.121. The van der Waals surface area contributed by atoms with Crippen LogP contribution < -0.4 is 10.6 Å². The topological polar surface area (TPSA) is 71.3 Å². The number of carbonyl (C=O) groups is 2. The Morgan fingerprint density at radius 2 is 2.00 bits per heavy atom. The Bertz CT molecular complexity index is 383. The van der Waals surface area contributed by atoms with Crippen LogP contribution >= 0.6 is 0 Å². The molecule has 5 heteroatoms. The van der Waals surface area contributed by atoms with Crippen molar-refractivity contribution in [3.63, 3.8) is 0 Å². The fourth-order valence-electron chi connectivity index (χ4n) is 1.71. The first kappa shape index (κ1) is 15.3. The first-order valence-corrected chi connectivity index (χ1v) is 6.75. The Morgan fingerprint density at radius 3 is 2.58 bits per heavy atom. The summed E-state index contributed by atoms with van der Waals surface area (Å²) in [5.74, 6) is 0.462. The Kier molecular flexibility index (Phi) is 6.71. The summed E-state index contributed by atoms with van der Waals surface area (Å²) in [5.41, 5.74) is 0. The van der Waals surface area contributed by atoms with Crippen LogP contribution in [0, 0.1) is 5.92 Å². The van der Waals surface area contributed by atoms with Crippen LogP contribution in [0.4, 0.5) is 0 Å². The van der Waals surface area contributed by atoms with Crippen molar-refractivity contribution < 1.29 is 14.0 Å². The molecule has 1 aromatic rings. The lowest BCUT2D eigenvalue weighted by atomic mass is 10.0. The van der Waals surface area contributed by atoms with E-state index >= 15 is 0 Å². The molecule has 5 nitrogen and oxygen atoms in total. The molecule has 0 radical (unpaired) electrons. The highest BCUT2D eigenvalue weighted by Crippen LogP contribution is 2.05. The molecule has 1 heterocycles. The largest absolute Gasteiger partial charge is 0.459 e. The molecule has 2 amide bonds. The molecule has 0 fully saturated rings. The van der Waals surface area contributed by atoms with E-state index < -0.39 is 0 Å². The Labute approximate surface area is 113 Å². The van der Waals surface area contributed by atoms with Gasteiger partial charge in [-0.05, 0) is 18.1 Å². The molecule has 0 aliphatic heterocycles. The first-order chi connectivity index (χ1) is 9.17. The van der Waals surface area contributed by atoms with Crippen LogP contribution in [0.2, 0.25) is 0 Å². The maximum Gasteiger partial charge on any atom is 0.286 e. The van der Waals surface area contributed by atoms with E-state index in [1.165, 1.54) is 6.26 Å². The summed E-state index contributed by atoms with van der Waals surface area (Å²) >= 11 is 0. The van der Waals surface area contributed by atoms with Crippen molar-refractivity contribution in [2.24, 2.45) is 5.92 Å². The minimum absolute atomic E-state index is 0.0355. The molecule has 0 atom stereocenters. The van der Waals surface area contributed by atoms with Crippen LogP contribution in [-0.4, -0.2) is 24.9 Å². The molecule has 0 aliphatic carbocycles. The van der Waals surface area contributed by atoms with Crippen LogP contribution in [0.5, 0.6) is 0 Å². The molecule has 0 aliphatic rings. The second kappa shape index (κ2) is 8.34. The van der Waals surface area contributed by atoms with E-state index in [1.54, 1.807) is 12.1 Å². The van der Waals surface area contributed by atoms with Crippen LogP contribution in [0.25, 0.3) is 0 Å². The van der Waals surface area contributed by atoms with Gasteiger partial charge in [-0.15, -0.1) is 0 Å². The Hall–Kier alpha value is -1.78. The molecule has 0 saturated carbocycles. The van der Waals surface area contributed by atoms with Crippen LogP contribution in [0.15, 0.2) is 22.8 Å². The number of amides is 2. The lowest BCUT2D eigenvalue weighted by Gasteiger charge is -2.13. The first-order valence-electron chi connectivity index (χ1n) is 6.75. The molecule has 106 valence electrons. The van der Waals surface area contributed by atoms with E-state index in [0.717, 1.165) is 12.8 Å². The maximum atomic E-state index is 11.6. The fraction of sp³-hybridized carbons (Fsp3) is 0.571. The summed E-state index contributed by atoms with van der Waals surface area (Å²) in [6.07, 6.45) is 3.85. The van der Waals surface area contributed by atoms with E-state index in [0.29, 0.717) is 19.0 Å². The Morgan fingerprint density at radius 1 is 1.26 bits per heavy atom. The van der Waals surface area contributed by atoms with Crippen LogP contribution in [0.3, 0.4) is 0 Å². The van der Waals surface area contributed by atoms with Crippen molar-refractivity contribution in [1.29, 1.82) is 0 Å². The van der Waals surface area contributed by atoms with Crippen molar-refractivity contribution in [1.82, 2.24) is 10.6 Å². The number of rotatable bonds is 8. The van der Waals surface area contributed by atoms with Gasteiger partial charge in [0.25, 0.3) is 5.91 Å². The zero-order valence-electron chi connectivity index (χ0n) is 11.6. The summed E-state index contributed by atoms with van der Waals surface area (Å²) in [6.45, 7) is 5.25. The van der Waals surface area contributed by atoms with Gasteiger partial charge in [-0.25, -0.2) is 0 Å². The van der Waals surface area contributed by atoms with E-state index in [1.807, 2.05) is 0 Å². The average molecular weight is 266 g/mol. The summed E-state index contributed by atoms with van der Waals surface area (Å²) < 4.78 is 4.95. The molecule has 1 rings (SSSR count). The molecule has 0 saturated heterocycles. The van der Waals surface area contributed by atoms with Crippen molar-refractivity contribution in [2.45, 2.75) is 33.1 Å². The Balaban J connectivity index is 2.15. The van der Waals surface area contributed by atoms with Gasteiger partial charge in [-0.2, -0.15) is 0 Å². The van der Waals surface area contributed by atoms with E-state index in [4.69, 9.17) is 4.42 Å². The summed E-state index contributed by atoms with van der Waals surface area (Å²) in [4.78, 5) is 23.1. The average Bonchev–Trinajstić information content (AvgIpc) is 2.93. The van der Waals surface area contributed by atoms with Gasteiger partial charge in [-0.3, -0.25) is 9.59 Å². The van der Waals surface area contributed by atoms with Gasteiger partial charge < -0.3 is 15.1 Å². The van der Waals surface area contributed by atoms with E-state index in [9.17, 15) is 9.59 Å². The minimum atomic E-state index is -0.294. The summed E-state index contributed by atoms with van der Waals surface area (Å²) in [6, 6.07) is 3.24. The van der Waals surface area contributed by atoms with Crippen molar-refractivity contribution >= 4 is 11.8 Å². The number of nitrogens with one attached hydrogen (secondary N) is 2. The predicted octanol–water partition coefficient (Wildman–Crippen LogP) is 1.95. The zero-order valence-corrected chi connectivity index (χ0v) is 11.6. The highest BCUT2D eigenvalue weighted by molar-refractivity contribution is 5.91. The molecular weight excluding hydrogens is 244 g/mol.